The lowest BCUT2D eigenvalue weighted by molar-refractivity contribution is -0.156. The fourth-order valence-electron chi connectivity index (χ4n) is 5.03. The Morgan fingerprint density at radius 1 is 0.471 bits per heavy atom. The molecular formula is C32H64O2. The molecule has 0 aromatic heterocycles. The zero-order valence-electron chi connectivity index (χ0n) is 24.2. The Balaban J connectivity index is 4.20. The van der Waals surface area contributed by atoms with Crippen molar-refractivity contribution < 1.29 is 9.53 Å². The molecule has 0 unspecified atom stereocenters. The third-order valence-corrected chi connectivity index (χ3v) is 7.64. The van der Waals surface area contributed by atoms with E-state index in [4.69, 9.17) is 4.74 Å². The van der Waals surface area contributed by atoms with Crippen LogP contribution in [0.5, 0.6) is 0 Å². The van der Waals surface area contributed by atoms with Crippen LogP contribution in [-0.4, -0.2) is 12.6 Å². The molecule has 0 atom stereocenters. The zero-order valence-corrected chi connectivity index (χ0v) is 24.2. The number of rotatable bonds is 27. The third kappa shape index (κ3) is 20.8. The molecule has 0 aromatic rings. The molecule has 0 N–H and O–H groups in total. The van der Waals surface area contributed by atoms with Gasteiger partial charge in [0.25, 0.3) is 0 Å². The number of unbranched alkanes of at least 4 members (excludes halogenated alkanes) is 20. The first-order valence-electron chi connectivity index (χ1n) is 15.8. The molecule has 34 heavy (non-hydrogen) atoms. The van der Waals surface area contributed by atoms with Gasteiger partial charge in [-0.3, -0.25) is 4.79 Å². The first-order valence-corrected chi connectivity index (χ1v) is 15.8. The van der Waals surface area contributed by atoms with Crippen LogP contribution in [0.2, 0.25) is 0 Å². The number of carbonyl (C=O) groups is 1. The maximum absolute atomic E-state index is 13.1. The molecule has 0 bridgehead atoms. The number of esters is 1. The van der Waals surface area contributed by atoms with E-state index < -0.39 is 0 Å². The fourth-order valence-corrected chi connectivity index (χ4v) is 5.03. The topological polar surface area (TPSA) is 26.3 Å². The maximum Gasteiger partial charge on any atom is 0.311 e. The van der Waals surface area contributed by atoms with Crippen molar-refractivity contribution in [2.45, 2.75) is 188 Å². The summed E-state index contributed by atoms with van der Waals surface area (Å²) in [5.41, 5.74) is -0.272. The molecule has 0 saturated carbocycles. The summed E-state index contributed by atoms with van der Waals surface area (Å²) in [6.07, 6.45) is 32.0. The van der Waals surface area contributed by atoms with Crippen LogP contribution in [0.3, 0.4) is 0 Å². The third-order valence-electron chi connectivity index (χ3n) is 7.64. The first kappa shape index (κ1) is 33.5. The quantitative estimate of drug-likeness (QED) is 0.0862. The summed E-state index contributed by atoms with van der Waals surface area (Å²) in [6.45, 7) is 9.64. The Bertz CT molecular complexity index is 399. The molecular weight excluding hydrogens is 416 g/mol. The maximum atomic E-state index is 13.1. The Kier molecular flexibility index (Phi) is 25.2. The van der Waals surface area contributed by atoms with Gasteiger partial charge >= 0.3 is 5.97 Å². The highest BCUT2D eigenvalue weighted by Crippen LogP contribution is 2.33. The van der Waals surface area contributed by atoms with Crippen molar-refractivity contribution in [3.8, 4) is 0 Å². The van der Waals surface area contributed by atoms with Gasteiger partial charge in [0, 0.05) is 0 Å². The molecule has 0 rings (SSSR count). The van der Waals surface area contributed by atoms with Crippen LogP contribution >= 0.6 is 0 Å². The Morgan fingerprint density at radius 3 is 1.12 bits per heavy atom. The molecule has 204 valence electrons. The minimum Gasteiger partial charge on any atom is -0.465 e. The fraction of sp³-hybridized carbons (Fsp3) is 0.969. The average molecular weight is 481 g/mol. The highest BCUT2D eigenvalue weighted by Gasteiger charge is 2.33. The summed E-state index contributed by atoms with van der Waals surface area (Å²) >= 11 is 0. The van der Waals surface area contributed by atoms with Gasteiger partial charge in [-0.2, -0.15) is 0 Å². The van der Waals surface area contributed by atoms with Crippen molar-refractivity contribution in [2.75, 3.05) is 6.61 Å². The van der Waals surface area contributed by atoms with Crippen LogP contribution in [0.15, 0.2) is 0 Å². The van der Waals surface area contributed by atoms with Gasteiger partial charge in [-0.1, -0.05) is 162 Å². The number of hydrogen-bond acceptors (Lipinski definition) is 2. The summed E-state index contributed by atoms with van der Waals surface area (Å²) in [4.78, 5) is 13.1. The van der Waals surface area contributed by atoms with Crippen molar-refractivity contribution >= 4 is 5.97 Å². The summed E-state index contributed by atoms with van der Waals surface area (Å²) < 4.78 is 5.85. The monoisotopic (exact) mass is 480 g/mol. The van der Waals surface area contributed by atoms with Crippen LogP contribution in [0.1, 0.15) is 188 Å². The second-order valence-corrected chi connectivity index (χ2v) is 11.3. The lowest BCUT2D eigenvalue weighted by Crippen LogP contribution is -2.30. The molecule has 0 saturated heterocycles. The van der Waals surface area contributed by atoms with Crippen LogP contribution in [0, 0.1) is 5.41 Å². The minimum absolute atomic E-state index is 0.0871. The van der Waals surface area contributed by atoms with E-state index in [1.165, 1.54) is 141 Å². The largest absolute Gasteiger partial charge is 0.465 e. The molecule has 0 aliphatic rings. The van der Waals surface area contributed by atoms with Crippen LogP contribution < -0.4 is 0 Å². The van der Waals surface area contributed by atoms with E-state index >= 15 is 0 Å². The second kappa shape index (κ2) is 25.6. The van der Waals surface area contributed by atoms with Gasteiger partial charge in [0.15, 0.2) is 0 Å². The molecule has 0 aliphatic carbocycles. The van der Waals surface area contributed by atoms with E-state index in [0.29, 0.717) is 6.61 Å². The lowest BCUT2D eigenvalue weighted by atomic mass is 9.79. The van der Waals surface area contributed by atoms with E-state index in [-0.39, 0.29) is 11.4 Å². The SMILES string of the molecule is CCCCCCCCCCCOC(=O)C(C)(CCCCCCCCC)CCCCCCCCC. The first-order chi connectivity index (χ1) is 16.6. The number of hydrogen-bond donors (Lipinski definition) is 0. The molecule has 0 aromatic carbocycles. The highest BCUT2D eigenvalue weighted by molar-refractivity contribution is 5.76. The van der Waals surface area contributed by atoms with Crippen molar-refractivity contribution in [1.82, 2.24) is 0 Å². The molecule has 0 spiro atoms. The highest BCUT2D eigenvalue weighted by atomic mass is 16.5. The zero-order chi connectivity index (χ0) is 25.2. The van der Waals surface area contributed by atoms with E-state index in [1.807, 2.05) is 0 Å². The smallest absolute Gasteiger partial charge is 0.311 e. The van der Waals surface area contributed by atoms with Crippen molar-refractivity contribution in [3.05, 3.63) is 0 Å². The predicted octanol–water partition coefficient (Wildman–Crippen LogP) is 11.3. The van der Waals surface area contributed by atoms with Crippen LogP contribution in [0.25, 0.3) is 0 Å². The van der Waals surface area contributed by atoms with E-state index in [9.17, 15) is 4.79 Å². The van der Waals surface area contributed by atoms with Gasteiger partial charge in [-0.05, 0) is 26.2 Å². The average Bonchev–Trinajstić information content (AvgIpc) is 2.84. The van der Waals surface area contributed by atoms with Gasteiger partial charge in [0.2, 0.25) is 0 Å². The molecule has 0 fully saturated rings. The van der Waals surface area contributed by atoms with Gasteiger partial charge in [0.1, 0.15) is 0 Å². The summed E-state index contributed by atoms with van der Waals surface area (Å²) in [5.74, 6) is 0.0871. The molecule has 0 amide bonds. The molecule has 2 nitrogen and oxygen atoms in total. The molecule has 2 heteroatoms. The van der Waals surface area contributed by atoms with E-state index in [2.05, 4.69) is 27.7 Å². The molecule has 0 heterocycles. The number of ether oxygens (including phenoxy) is 1. The predicted molar refractivity (Wildman–Crippen MR) is 152 cm³/mol. The summed E-state index contributed by atoms with van der Waals surface area (Å²) in [7, 11) is 0. The van der Waals surface area contributed by atoms with Crippen molar-refractivity contribution in [2.24, 2.45) is 5.41 Å². The minimum atomic E-state index is -0.272. The molecule has 0 aliphatic heterocycles. The van der Waals surface area contributed by atoms with Crippen molar-refractivity contribution in [3.63, 3.8) is 0 Å². The van der Waals surface area contributed by atoms with E-state index in [0.717, 1.165) is 19.3 Å². The van der Waals surface area contributed by atoms with Crippen LogP contribution in [-0.2, 0) is 9.53 Å². The second-order valence-electron chi connectivity index (χ2n) is 11.3. The van der Waals surface area contributed by atoms with Crippen LogP contribution in [0.4, 0.5) is 0 Å². The van der Waals surface area contributed by atoms with Gasteiger partial charge in [0.05, 0.1) is 12.0 Å². The normalized spacial score (nSPS) is 11.8. The van der Waals surface area contributed by atoms with Crippen molar-refractivity contribution in [1.29, 1.82) is 0 Å². The van der Waals surface area contributed by atoms with Gasteiger partial charge in [-0.25, -0.2) is 0 Å². The Hall–Kier alpha value is -0.530. The molecule has 0 radical (unpaired) electrons. The number of carbonyl (C=O) groups excluding carboxylic acids is 1. The summed E-state index contributed by atoms with van der Waals surface area (Å²) in [6, 6.07) is 0. The summed E-state index contributed by atoms with van der Waals surface area (Å²) in [5, 5.41) is 0. The van der Waals surface area contributed by atoms with Gasteiger partial charge in [-0.15, -0.1) is 0 Å². The lowest BCUT2D eigenvalue weighted by Gasteiger charge is -2.27. The van der Waals surface area contributed by atoms with E-state index in [1.54, 1.807) is 0 Å². The Labute approximate surface area is 215 Å². The standard InChI is InChI=1S/C32H64O2/c1-5-8-11-14-17-18-21-24-27-30-34-31(33)32(4,28-25-22-19-15-12-9-6-2)29-26-23-20-16-13-10-7-3/h5-30H2,1-4H3. The van der Waals surface area contributed by atoms with Gasteiger partial charge < -0.3 is 4.74 Å². The Morgan fingerprint density at radius 2 is 0.765 bits per heavy atom.